The summed E-state index contributed by atoms with van der Waals surface area (Å²) in [5.41, 5.74) is 0.784. The Bertz CT molecular complexity index is 583. The van der Waals surface area contributed by atoms with Crippen molar-refractivity contribution in [2.75, 3.05) is 0 Å². The van der Waals surface area contributed by atoms with Gasteiger partial charge in [0.15, 0.2) is 0 Å². The number of halogens is 2. The normalized spacial score (nSPS) is 24.4. The topological polar surface area (TPSA) is 80.4 Å². The van der Waals surface area contributed by atoms with Gasteiger partial charge in [-0.3, -0.25) is 0 Å². The summed E-state index contributed by atoms with van der Waals surface area (Å²) in [5, 5.41) is 14.9. The van der Waals surface area contributed by atoms with E-state index in [1.807, 2.05) is 6.07 Å². The fourth-order valence-corrected chi connectivity index (χ4v) is 4.35. The van der Waals surface area contributed by atoms with Crippen LogP contribution in [0.4, 0.5) is 0 Å². The third-order valence-corrected chi connectivity index (χ3v) is 5.40. The molecule has 3 N–H and O–H groups in total. The summed E-state index contributed by atoms with van der Waals surface area (Å²) in [6, 6.07) is 3.25. The second kappa shape index (κ2) is 5.69. The Morgan fingerprint density at radius 3 is 2.37 bits per heavy atom. The lowest BCUT2D eigenvalue weighted by Gasteiger charge is -2.27. The van der Waals surface area contributed by atoms with Crippen molar-refractivity contribution >= 4 is 37.6 Å². The number of aliphatic hydroxyl groups is 1. The van der Waals surface area contributed by atoms with Gasteiger partial charge in [0.1, 0.15) is 4.90 Å². The Kier molecular flexibility index (Phi) is 4.57. The van der Waals surface area contributed by atoms with Crippen LogP contribution in [0.2, 0.25) is 5.02 Å². The Balaban J connectivity index is 2.44. The summed E-state index contributed by atoms with van der Waals surface area (Å²) >= 11 is 9.48. The van der Waals surface area contributed by atoms with Crippen LogP contribution in [-0.4, -0.2) is 19.6 Å². The minimum atomic E-state index is -3.84. The quantitative estimate of drug-likeness (QED) is 0.842. The molecule has 0 unspecified atom stereocenters. The molecule has 1 fully saturated rings. The molecule has 1 aliphatic rings. The van der Waals surface area contributed by atoms with Crippen LogP contribution in [0.25, 0.3) is 0 Å². The number of nitrogens with two attached hydrogens (primary N) is 1. The number of primary sulfonamides is 1. The van der Waals surface area contributed by atoms with Crippen molar-refractivity contribution in [3.05, 3.63) is 27.2 Å². The standard InChI is InChI=1S/C12H15BrClNO3S/c13-8-5-10(7-1-3-9(16)4-2-7)12(14)11(6-8)19(15,17)18/h5-7,9,16H,1-4H2,(H2,15,17,18). The van der Waals surface area contributed by atoms with E-state index in [1.54, 1.807) is 0 Å². The van der Waals surface area contributed by atoms with Crippen LogP contribution in [0.1, 0.15) is 37.2 Å². The minimum Gasteiger partial charge on any atom is -0.393 e. The zero-order valence-corrected chi connectivity index (χ0v) is 13.3. The molecule has 0 heterocycles. The summed E-state index contributed by atoms with van der Waals surface area (Å²) in [6.07, 6.45) is 2.74. The number of sulfonamides is 1. The smallest absolute Gasteiger partial charge is 0.239 e. The van der Waals surface area contributed by atoms with Crippen molar-refractivity contribution in [3.8, 4) is 0 Å². The first-order chi connectivity index (χ1) is 8.79. The molecule has 0 spiro atoms. The highest BCUT2D eigenvalue weighted by Gasteiger charge is 2.26. The Morgan fingerprint density at radius 1 is 1.26 bits per heavy atom. The van der Waals surface area contributed by atoms with Crippen LogP contribution in [0.5, 0.6) is 0 Å². The van der Waals surface area contributed by atoms with Crippen molar-refractivity contribution in [1.29, 1.82) is 0 Å². The second-order valence-corrected chi connectivity index (χ2v) is 7.68. The van der Waals surface area contributed by atoms with Gasteiger partial charge in [-0.05, 0) is 49.3 Å². The lowest BCUT2D eigenvalue weighted by atomic mass is 9.83. The molecule has 7 heteroatoms. The van der Waals surface area contributed by atoms with Crippen LogP contribution in [0.3, 0.4) is 0 Å². The summed E-state index contributed by atoms with van der Waals surface area (Å²) in [5.74, 6) is 0.161. The molecule has 0 amide bonds. The van der Waals surface area contributed by atoms with Gasteiger partial charge in [0.05, 0.1) is 11.1 Å². The van der Waals surface area contributed by atoms with E-state index in [2.05, 4.69) is 15.9 Å². The van der Waals surface area contributed by atoms with Gasteiger partial charge in [0.2, 0.25) is 10.0 Å². The average molecular weight is 369 g/mol. The van der Waals surface area contributed by atoms with Crippen LogP contribution in [0.15, 0.2) is 21.5 Å². The van der Waals surface area contributed by atoms with Gasteiger partial charge in [0, 0.05) is 4.47 Å². The molecule has 0 atom stereocenters. The zero-order chi connectivity index (χ0) is 14.2. The van der Waals surface area contributed by atoms with Crippen molar-refractivity contribution in [2.24, 2.45) is 5.14 Å². The molecule has 19 heavy (non-hydrogen) atoms. The number of rotatable bonds is 2. The molecule has 1 aromatic carbocycles. The number of aliphatic hydroxyl groups excluding tert-OH is 1. The molecule has 0 saturated heterocycles. The van der Waals surface area contributed by atoms with E-state index in [-0.39, 0.29) is 21.9 Å². The predicted octanol–water partition coefficient (Wildman–Crippen LogP) is 2.77. The summed E-state index contributed by atoms with van der Waals surface area (Å²) in [4.78, 5) is -0.0512. The number of hydrogen-bond donors (Lipinski definition) is 2. The van der Waals surface area contributed by atoms with Gasteiger partial charge in [-0.25, -0.2) is 13.6 Å². The average Bonchev–Trinajstić information content (AvgIpc) is 2.31. The molecule has 0 aromatic heterocycles. The van der Waals surface area contributed by atoms with Crippen molar-refractivity contribution < 1.29 is 13.5 Å². The third kappa shape index (κ3) is 3.49. The Labute approximate surface area is 126 Å². The molecule has 1 aliphatic carbocycles. The highest BCUT2D eigenvalue weighted by Crippen LogP contribution is 2.40. The SMILES string of the molecule is NS(=O)(=O)c1cc(Br)cc(C2CCC(O)CC2)c1Cl. The summed E-state index contributed by atoms with van der Waals surface area (Å²) in [6.45, 7) is 0. The van der Waals surface area contributed by atoms with Gasteiger partial charge in [-0.2, -0.15) is 0 Å². The van der Waals surface area contributed by atoms with Crippen molar-refractivity contribution in [3.63, 3.8) is 0 Å². The molecule has 1 saturated carbocycles. The maximum Gasteiger partial charge on any atom is 0.239 e. The van der Waals surface area contributed by atoms with E-state index in [0.717, 1.165) is 18.4 Å². The monoisotopic (exact) mass is 367 g/mol. The second-order valence-electron chi connectivity index (χ2n) is 4.86. The molecule has 4 nitrogen and oxygen atoms in total. The fraction of sp³-hybridized carbons (Fsp3) is 0.500. The van der Waals surface area contributed by atoms with Crippen LogP contribution < -0.4 is 5.14 Å². The van der Waals surface area contributed by atoms with E-state index in [0.29, 0.717) is 17.3 Å². The van der Waals surface area contributed by atoms with Gasteiger partial charge < -0.3 is 5.11 Å². The maximum absolute atomic E-state index is 11.5. The highest BCUT2D eigenvalue weighted by molar-refractivity contribution is 9.10. The summed E-state index contributed by atoms with van der Waals surface area (Å²) in [7, 11) is -3.84. The molecule has 0 bridgehead atoms. The van der Waals surface area contributed by atoms with Crippen LogP contribution >= 0.6 is 27.5 Å². The van der Waals surface area contributed by atoms with Gasteiger partial charge in [0.25, 0.3) is 0 Å². The van der Waals surface area contributed by atoms with E-state index >= 15 is 0 Å². The van der Waals surface area contributed by atoms with Crippen molar-refractivity contribution in [2.45, 2.75) is 42.6 Å². The third-order valence-electron chi connectivity index (χ3n) is 3.48. The van der Waals surface area contributed by atoms with Crippen LogP contribution in [0, 0.1) is 0 Å². The molecule has 1 aromatic rings. The first-order valence-electron chi connectivity index (χ1n) is 5.99. The minimum absolute atomic E-state index is 0.0512. The molecule has 106 valence electrons. The highest BCUT2D eigenvalue weighted by atomic mass is 79.9. The van der Waals surface area contributed by atoms with Gasteiger partial charge in [-0.1, -0.05) is 27.5 Å². The zero-order valence-electron chi connectivity index (χ0n) is 10.1. The molecular formula is C12H15BrClNO3S. The number of benzene rings is 1. The van der Waals surface area contributed by atoms with E-state index in [1.165, 1.54) is 6.07 Å². The number of hydrogen-bond acceptors (Lipinski definition) is 3. The Morgan fingerprint density at radius 2 is 1.84 bits per heavy atom. The van der Waals surface area contributed by atoms with E-state index < -0.39 is 10.0 Å². The Hall–Kier alpha value is -0.140. The van der Waals surface area contributed by atoms with E-state index in [4.69, 9.17) is 16.7 Å². The summed E-state index contributed by atoms with van der Waals surface area (Å²) < 4.78 is 23.7. The van der Waals surface area contributed by atoms with Gasteiger partial charge >= 0.3 is 0 Å². The first kappa shape index (κ1) is 15.3. The first-order valence-corrected chi connectivity index (χ1v) is 8.70. The molecule has 0 radical (unpaired) electrons. The maximum atomic E-state index is 11.5. The fourth-order valence-electron chi connectivity index (χ4n) is 2.48. The predicted molar refractivity (Wildman–Crippen MR) is 77.7 cm³/mol. The molecule has 2 rings (SSSR count). The van der Waals surface area contributed by atoms with Gasteiger partial charge in [-0.15, -0.1) is 0 Å². The van der Waals surface area contributed by atoms with Crippen molar-refractivity contribution in [1.82, 2.24) is 0 Å². The van der Waals surface area contributed by atoms with E-state index in [9.17, 15) is 13.5 Å². The lowest BCUT2D eigenvalue weighted by molar-refractivity contribution is 0.122. The van der Waals surface area contributed by atoms with Crippen LogP contribution in [-0.2, 0) is 10.0 Å². The molecular weight excluding hydrogens is 354 g/mol. The lowest BCUT2D eigenvalue weighted by Crippen LogP contribution is -2.18. The molecule has 0 aliphatic heterocycles. The largest absolute Gasteiger partial charge is 0.393 e.